The predicted molar refractivity (Wildman–Crippen MR) is 126 cm³/mol. The molecular formula is C25H24FN7O. The van der Waals surface area contributed by atoms with Crippen LogP contribution in [0.25, 0.3) is 28.0 Å². The van der Waals surface area contributed by atoms with Gasteiger partial charge in [-0.25, -0.2) is 9.37 Å². The lowest BCUT2D eigenvalue weighted by Gasteiger charge is -2.23. The number of rotatable bonds is 4. The third kappa shape index (κ3) is 3.93. The van der Waals surface area contributed by atoms with E-state index in [1.165, 1.54) is 12.1 Å². The number of hydrogen-bond acceptors (Lipinski definition) is 5. The number of imidazole rings is 1. The van der Waals surface area contributed by atoms with Crippen LogP contribution in [-0.2, 0) is 7.05 Å². The molecule has 0 unspecified atom stereocenters. The summed E-state index contributed by atoms with van der Waals surface area (Å²) in [6.07, 6.45) is 3.58. The molecule has 0 bridgehead atoms. The highest BCUT2D eigenvalue weighted by Crippen LogP contribution is 2.28. The lowest BCUT2D eigenvalue weighted by atomic mass is 10.1. The Morgan fingerprint density at radius 2 is 2.15 bits per heavy atom. The molecule has 1 amide bonds. The minimum Gasteiger partial charge on any atom is -0.347 e. The van der Waals surface area contributed by atoms with E-state index in [9.17, 15) is 9.18 Å². The lowest BCUT2D eigenvalue weighted by Crippen LogP contribution is -2.45. The van der Waals surface area contributed by atoms with E-state index in [1.807, 2.05) is 42.9 Å². The molecule has 2 aromatic heterocycles. The number of nitriles is 1. The van der Waals surface area contributed by atoms with Gasteiger partial charge in [0.1, 0.15) is 23.4 Å². The SMILES string of the molecule is Cc1c2cc(-n3cc(C(=O)N[C@@H]4CCCNC4)nc3-c3ccc(C#N)c(F)c3)ccc2nn1C. The van der Waals surface area contributed by atoms with Crippen LogP contribution in [0.15, 0.2) is 42.6 Å². The van der Waals surface area contributed by atoms with Crippen LogP contribution in [0.4, 0.5) is 4.39 Å². The minimum absolute atomic E-state index is 0.0385. The van der Waals surface area contributed by atoms with Crippen molar-refractivity contribution >= 4 is 16.8 Å². The Bertz CT molecular complexity index is 1440. The number of carbonyl (C=O) groups is 1. The first-order chi connectivity index (χ1) is 16.4. The van der Waals surface area contributed by atoms with Gasteiger partial charge < -0.3 is 10.6 Å². The molecule has 9 heteroatoms. The summed E-state index contributed by atoms with van der Waals surface area (Å²) in [6.45, 7) is 3.66. The number of halogens is 1. The van der Waals surface area contributed by atoms with Gasteiger partial charge in [0.25, 0.3) is 5.91 Å². The standard InChI is InChI=1S/C25H24FN7O/c1-15-20-11-19(7-8-22(20)31-32(15)2)33-14-23(25(34)29-18-4-3-9-28-13-18)30-24(33)16-5-6-17(12-27)21(26)10-16/h5-8,10-11,14,18,28H,3-4,9,13H2,1-2H3,(H,29,34)/t18-/m1/s1. The zero-order valence-corrected chi connectivity index (χ0v) is 19.0. The van der Waals surface area contributed by atoms with Crippen LogP contribution in [0.3, 0.4) is 0 Å². The van der Waals surface area contributed by atoms with Crippen LogP contribution >= 0.6 is 0 Å². The Kier molecular flexibility index (Phi) is 5.59. The van der Waals surface area contributed by atoms with Crippen LogP contribution in [-0.4, -0.2) is 44.4 Å². The van der Waals surface area contributed by atoms with Gasteiger partial charge in [-0.15, -0.1) is 0 Å². The van der Waals surface area contributed by atoms with E-state index in [2.05, 4.69) is 20.7 Å². The fourth-order valence-electron chi connectivity index (χ4n) is 4.33. The number of aryl methyl sites for hydroxylation is 2. The van der Waals surface area contributed by atoms with E-state index >= 15 is 0 Å². The van der Waals surface area contributed by atoms with Gasteiger partial charge >= 0.3 is 0 Å². The molecule has 8 nitrogen and oxygen atoms in total. The molecule has 1 saturated heterocycles. The highest BCUT2D eigenvalue weighted by molar-refractivity contribution is 5.93. The summed E-state index contributed by atoms with van der Waals surface area (Å²) in [5.74, 6) is -0.495. The number of hydrogen-bond donors (Lipinski definition) is 2. The van der Waals surface area contributed by atoms with Gasteiger partial charge in [-0.2, -0.15) is 10.4 Å². The molecule has 34 heavy (non-hydrogen) atoms. The number of nitrogens with zero attached hydrogens (tertiary/aromatic N) is 5. The number of benzene rings is 2. The molecule has 0 aliphatic carbocycles. The fraction of sp³-hybridized carbons (Fsp3) is 0.280. The largest absolute Gasteiger partial charge is 0.347 e. The van der Waals surface area contributed by atoms with Gasteiger partial charge in [-0.3, -0.25) is 14.0 Å². The normalized spacial score (nSPS) is 15.9. The summed E-state index contributed by atoms with van der Waals surface area (Å²) in [7, 11) is 1.89. The maximum absolute atomic E-state index is 14.5. The number of fused-ring (bicyclic) bond motifs is 1. The summed E-state index contributed by atoms with van der Waals surface area (Å²) in [4.78, 5) is 17.6. The van der Waals surface area contributed by atoms with E-state index in [0.717, 1.165) is 48.2 Å². The fourth-order valence-corrected chi connectivity index (χ4v) is 4.33. The van der Waals surface area contributed by atoms with Gasteiger partial charge in [-0.1, -0.05) is 0 Å². The van der Waals surface area contributed by atoms with Crippen molar-refractivity contribution in [2.75, 3.05) is 13.1 Å². The maximum Gasteiger partial charge on any atom is 0.271 e. The minimum atomic E-state index is -0.632. The highest BCUT2D eigenvalue weighted by atomic mass is 19.1. The van der Waals surface area contributed by atoms with Crippen molar-refractivity contribution < 1.29 is 9.18 Å². The Balaban J connectivity index is 1.60. The third-order valence-electron chi connectivity index (χ3n) is 6.31. The van der Waals surface area contributed by atoms with Gasteiger partial charge in [-0.05, 0) is 62.7 Å². The third-order valence-corrected chi connectivity index (χ3v) is 6.31. The molecule has 5 rings (SSSR count). The molecule has 0 spiro atoms. The molecule has 4 aromatic rings. The number of carbonyl (C=O) groups excluding carboxylic acids is 1. The maximum atomic E-state index is 14.5. The molecule has 1 fully saturated rings. The van der Waals surface area contributed by atoms with Crippen LogP contribution < -0.4 is 10.6 Å². The Morgan fingerprint density at radius 1 is 1.29 bits per heavy atom. The van der Waals surface area contributed by atoms with E-state index in [0.29, 0.717) is 11.4 Å². The van der Waals surface area contributed by atoms with Crippen molar-refractivity contribution in [3.8, 4) is 23.1 Å². The second-order valence-corrected chi connectivity index (χ2v) is 8.55. The molecule has 172 valence electrons. The summed E-state index contributed by atoms with van der Waals surface area (Å²) < 4.78 is 18.0. The Labute approximate surface area is 196 Å². The second kappa shape index (κ2) is 8.72. The lowest BCUT2D eigenvalue weighted by molar-refractivity contribution is 0.0926. The molecule has 2 N–H and O–H groups in total. The summed E-state index contributed by atoms with van der Waals surface area (Å²) in [5, 5.41) is 20.9. The molecular weight excluding hydrogens is 433 g/mol. The van der Waals surface area contributed by atoms with Crippen molar-refractivity contribution in [3.63, 3.8) is 0 Å². The van der Waals surface area contributed by atoms with Crippen LogP contribution in [0.5, 0.6) is 0 Å². The summed E-state index contributed by atoms with van der Waals surface area (Å²) in [6, 6.07) is 12.0. The van der Waals surface area contributed by atoms with Crippen molar-refractivity contribution in [2.24, 2.45) is 7.05 Å². The number of piperidine rings is 1. The van der Waals surface area contributed by atoms with E-state index in [1.54, 1.807) is 16.8 Å². The molecule has 1 atom stereocenters. The quantitative estimate of drug-likeness (QED) is 0.490. The molecule has 0 saturated carbocycles. The second-order valence-electron chi connectivity index (χ2n) is 8.55. The molecule has 1 aliphatic rings. The van der Waals surface area contributed by atoms with Gasteiger partial charge in [0.15, 0.2) is 0 Å². The average molecular weight is 458 g/mol. The van der Waals surface area contributed by atoms with Gasteiger partial charge in [0, 0.05) is 48.2 Å². The molecule has 2 aromatic carbocycles. The van der Waals surface area contributed by atoms with Crippen LogP contribution in [0, 0.1) is 24.1 Å². The van der Waals surface area contributed by atoms with Crippen molar-refractivity contribution in [1.82, 2.24) is 30.0 Å². The first-order valence-corrected chi connectivity index (χ1v) is 11.2. The van der Waals surface area contributed by atoms with Crippen molar-refractivity contribution in [1.29, 1.82) is 5.26 Å². The van der Waals surface area contributed by atoms with Crippen molar-refractivity contribution in [3.05, 3.63) is 65.4 Å². The Hall–Kier alpha value is -4.03. The van der Waals surface area contributed by atoms with Gasteiger partial charge in [0.2, 0.25) is 0 Å². The zero-order valence-electron chi connectivity index (χ0n) is 19.0. The van der Waals surface area contributed by atoms with Crippen molar-refractivity contribution in [2.45, 2.75) is 25.8 Å². The molecule has 0 radical (unpaired) electrons. The van der Waals surface area contributed by atoms with E-state index in [-0.39, 0.29) is 23.2 Å². The molecule has 1 aliphatic heterocycles. The van der Waals surface area contributed by atoms with Crippen LogP contribution in [0.2, 0.25) is 0 Å². The first-order valence-electron chi connectivity index (χ1n) is 11.2. The summed E-state index contributed by atoms with van der Waals surface area (Å²) in [5.41, 5.74) is 3.31. The number of nitrogens with one attached hydrogen (secondary N) is 2. The molecule has 3 heterocycles. The van der Waals surface area contributed by atoms with E-state index < -0.39 is 5.82 Å². The predicted octanol–water partition coefficient (Wildman–Crippen LogP) is 3.23. The number of aromatic nitrogens is 4. The van der Waals surface area contributed by atoms with Crippen LogP contribution in [0.1, 0.15) is 34.6 Å². The highest BCUT2D eigenvalue weighted by Gasteiger charge is 2.22. The summed E-state index contributed by atoms with van der Waals surface area (Å²) >= 11 is 0. The smallest absolute Gasteiger partial charge is 0.271 e. The first kappa shape index (κ1) is 21.8. The van der Waals surface area contributed by atoms with E-state index in [4.69, 9.17) is 5.26 Å². The topological polar surface area (TPSA) is 101 Å². The number of amides is 1. The monoisotopic (exact) mass is 457 g/mol. The zero-order chi connectivity index (χ0) is 23.8. The van der Waals surface area contributed by atoms with Gasteiger partial charge in [0.05, 0.1) is 11.1 Å². The average Bonchev–Trinajstić information content (AvgIpc) is 3.41. The Morgan fingerprint density at radius 3 is 2.88 bits per heavy atom.